The Balaban J connectivity index is 1.68. The Morgan fingerprint density at radius 1 is 1.14 bits per heavy atom. The Bertz CT molecular complexity index is 599. The van der Waals surface area contributed by atoms with Crippen LogP contribution in [0.25, 0.3) is 0 Å². The summed E-state index contributed by atoms with van der Waals surface area (Å²) in [7, 11) is 1.81. The van der Waals surface area contributed by atoms with Crippen LogP contribution >= 0.6 is 11.3 Å². The first kappa shape index (κ1) is 16.0. The first-order valence-electron chi connectivity index (χ1n) is 7.01. The molecule has 0 aliphatic carbocycles. The van der Waals surface area contributed by atoms with Gasteiger partial charge in [0.1, 0.15) is 0 Å². The molecule has 116 valence electrons. The lowest BCUT2D eigenvalue weighted by atomic mass is 10.3. The van der Waals surface area contributed by atoms with E-state index >= 15 is 0 Å². The molecule has 2 aromatic rings. The highest BCUT2D eigenvalue weighted by atomic mass is 32.1. The molecule has 0 spiro atoms. The van der Waals surface area contributed by atoms with E-state index in [1.807, 2.05) is 54.9 Å². The first-order chi connectivity index (χ1) is 10.6. The van der Waals surface area contributed by atoms with E-state index in [1.165, 1.54) is 4.88 Å². The predicted octanol–water partition coefficient (Wildman–Crippen LogP) is 2.25. The summed E-state index contributed by atoms with van der Waals surface area (Å²) >= 11 is 1.65. The highest BCUT2D eigenvalue weighted by Gasteiger charge is 2.10. The third-order valence-corrected chi connectivity index (χ3v) is 4.00. The number of rotatable bonds is 6. The van der Waals surface area contributed by atoms with Gasteiger partial charge in [0, 0.05) is 24.2 Å². The zero-order chi connectivity index (χ0) is 15.8. The predicted molar refractivity (Wildman–Crippen MR) is 89.3 cm³/mol. The van der Waals surface area contributed by atoms with Gasteiger partial charge >= 0.3 is 6.03 Å². The van der Waals surface area contributed by atoms with E-state index in [-0.39, 0.29) is 12.5 Å². The molecule has 1 heterocycles. The molecular formula is C16H19N3O2S. The molecule has 3 amide bonds. The van der Waals surface area contributed by atoms with Crippen molar-refractivity contribution in [2.24, 2.45) is 0 Å². The maximum Gasteiger partial charge on any atom is 0.321 e. The number of hydrogen-bond acceptors (Lipinski definition) is 4. The second-order valence-electron chi connectivity index (χ2n) is 4.83. The van der Waals surface area contributed by atoms with Crippen molar-refractivity contribution in [1.29, 1.82) is 0 Å². The van der Waals surface area contributed by atoms with Gasteiger partial charge in [-0.2, -0.15) is 0 Å². The normalized spacial score (nSPS) is 10.0. The number of carbonyl (C=O) groups is 2. The number of carbonyl (C=O) groups excluding carboxylic acids is 2. The number of urea groups is 1. The molecule has 22 heavy (non-hydrogen) atoms. The fraction of sp³-hybridized carbons (Fsp3) is 0.250. The smallest absolute Gasteiger partial charge is 0.321 e. The highest BCUT2D eigenvalue weighted by molar-refractivity contribution is 7.09. The molecule has 0 saturated carbocycles. The molecule has 0 atom stereocenters. The van der Waals surface area contributed by atoms with Crippen LogP contribution in [-0.2, 0) is 11.2 Å². The summed E-state index contributed by atoms with van der Waals surface area (Å²) in [5.74, 6) is -0.333. The minimum atomic E-state index is -0.456. The Kier molecular flexibility index (Phi) is 5.97. The standard InChI is InChI=1S/C16H19N3O2S/c1-19(13-6-3-2-4-7-13)12-15(20)18-16(21)17-10-9-14-8-5-11-22-14/h2-8,11H,9-10,12H2,1H3,(H2,17,18,20,21). The quantitative estimate of drug-likeness (QED) is 0.859. The van der Waals surface area contributed by atoms with Gasteiger partial charge in [0.15, 0.2) is 0 Å². The van der Waals surface area contributed by atoms with Crippen LogP contribution in [0, 0.1) is 0 Å². The molecule has 2 N–H and O–H groups in total. The number of thiophene rings is 1. The minimum Gasteiger partial charge on any atom is -0.365 e. The summed E-state index contributed by atoms with van der Waals surface area (Å²) in [6.07, 6.45) is 0.767. The van der Waals surface area contributed by atoms with Gasteiger partial charge in [-0.15, -0.1) is 11.3 Å². The van der Waals surface area contributed by atoms with Gasteiger partial charge < -0.3 is 10.2 Å². The van der Waals surface area contributed by atoms with Crippen LogP contribution in [0.2, 0.25) is 0 Å². The van der Waals surface area contributed by atoms with E-state index in [4.69, 9.17) is 0 Å². The number of hydrogen-bond donors (Lipinski definition) is 2. The van der Waals surface area contributed by atoms with Gasteiger partial charge in [-0.1, -0.05) is 24.3 Å². The van der Waals surface area contributed by atoms with Crippen molar-refractivity contribution in [1.82, 2.24) is 10.6 Å². The van der Waals surface area contributed by atoms with Gasteiger partial charge in [-0.25, -0.2) is 4.79 Å². The van der Waals surface area contributed by atoms with Gasteiger partial charge in [0.25, 0.3) is 0 Å². The van der Waals surface area contributed by atoms with E-state index in [2.05, 4.69) is 10.6 Å². The second-order valence-corrected chi connectivity index (χ2v) is 5.86. The summed E-state index contributed by atoms with van der Waals surface area (Å²) < 4.78 is 0. The van der Waals surface area contributed by atoms with Crippen LogP contribution in [0.3, 0.4) is 0 Å². The lowest BCUT2D eigenvalue weighted by Crippen LogP contribution is -2.44. The van der Waals surface area contributed by atoms with Crippen molar-refractivity contribution in [3.63, 3.8) is 0 Å². The summed E-state index contributed by atoms with van der Waals surface area (Å²) in [4.78, 5) is 26.4. The Labute approximate surface area is 134 Å². The van der Waals surface area contributed by atoms with Crippen LogP contribution in [0.15, 0.2) is 47.8 Å². The van der Waals surface area contributed by atoms with Gasteiger partial charge in [0.05, 0.1) is 6.54 Å². The molecule has 2 rings (SSSR count). The number of nitrogens with one attached hydrogen (secondary N) is 2. The molecule has 6 heteroatoms. The van der Waals surface area contributed by atoms with Crippen molar-refractivity contribution in [2.75, 3.05) is 25.0 Å². The summed E-state index contributed by atoms with van der Waals surface area (Å²) in [5.41, 5.74) is 0.927. The lowest BCUT2D eigenvalue weighted by molar-refractivity contribution is -0.118. The molecule has 0 radical (unpaired) electrons. The maximum absolute atomic E-state index is 11.8. The third-order valence-electron chi connectivity index (χ3n) is 3.07. The Morgan fingerprint density at radius 3 is 2.59 bits per heavy atom. The number of imide groups is 1. The Morgan fingerprint density at radius 2 is 1.91 bits per heavy atom. The van der Waals surface area contributed by atoms with Crippen molar-refractivity contribution in [3.8, 4) is 0 Å². The molecule has 0 fully saturated rings. The molecule has 1 aromatic carbocycles. The summed E-state index contributed by atoms with van der Waals surface area (Å²) in [6, 6.07) is 13.1. The number of nitrogens with zero attached hydrogens (tertiary/aromatic N) is 1. The van der Waals surface area contributed by atoms with Gasteiger partial charge in [-0.05, 0) is 30.0 Å². The molecule has 5 nitrogen and oxygen atoms in total. The average molecular weight is 317 g/mol. The van der Waals surface area contributed by atoms with E-state index in [1.54, 1.807) is 16.2 Å². The molecule has 0 unspecified atom stereocenters. The topological polar surface area (TPSA) is 61.4 Å². The number of likely N-dealkylation sites (N-methyl/N-ethyl adjacent to an activating group) is 1. The van der Waals surface area contributed by atoms with Crippen LogP contribution in [0.1, 0.15) is 4.88 Å². The molecular weight excluding hydrogens is 298 g/mol. The largest absolute Gasteiger partial charge is 0.365 e. The van der Waals surface area contributed by atoms with Crippen LogP contribution in [0.4, 0.5) is 10.5 Å². The summed E-state index contributed by atoms with van der Waals surface area (Å²) in [6.45, 7) is 0.635. The molecule has 1 aromatic heterocycles. The van der Waals surface area contributed by atoms with Crippen molar-refractivity contribution < 1.29 is 9.59 Å². The molecule has 0 bridgehead atoms. The summed E-state index contributed by atoms with van der Waals surface area (Å²) in [5, 5.41) is 7.01. The number of para-hydroxylation sites is 1. The monoisotopic (exact) mass is 317 g/mol. The van der Waals surface area contributed by atoms with E-state index in [9.17, 15) is 9.59 Å². The van der Waals surface area contributed by atoms with Crippen LogP contribution < -0.4 is 15.5 Å². The average Bonchev–Trinajstić information content (AvgIpc) is 3.01. The zero-order valence-electron chi connectivity index (χ0n) is 12.4. The maximum atomic E-state index is 11.8. The van der Waals surface area contributed by atoms with Crippen LogP contribution in [0.5, 0.6) is 0 Å². The number of benzene rings is 1. The molecule has 0 aliphatic heterocycles. The SMILES string of the molecule is CN(CC(=O)NC(=O)NCCc1cccs1)c1ccccc1. The van der Waals surface area contributed by atoms with Gasteiger partial charge in [0.2, 0.25) is 5.91 Å². The molecule has 0 saturated heterocycles. The number of anilines is 1. The Hall–Kier alpha value is -2.34. The van der Waals surface area contributed by atoms with E-state index < -0.39 is 6.03 Å². The van der Waals surface area contributed by atoms with E-state index in [0.717, 1.165) is 12.1 Å². The number of amides is 3. The molecule has 0 aliphatic rings. The van der Waals surface area contributed by atoms with Crippen molar-refractivity contribution in [2.45, 2.75) is 6.42 Å². The first-order valence-corrected chi connectivity index (χ1v) is 7.89. The zero-order valence-corrected chi connectivity index (χ0v) is 13.2. The fourth-order valence-corrected chi connectivity index (χ4v) is 2.66. The van der Waals surface area contributed by atoms with Gasteiger partial charge in [-0.3, -0.25) is 10.1 Å². The third kappa shape index (κ3) is 5.21. The van der Waals surface area contributed by atoms with Crippen molar-refractivity contribution >= 4 is 29.0 Å². The van der Waals surface area contributed by atoms with E-state index in [0.29, 0.717) is 6.54 Å². The lowest BCUT2D eigenvalue weighted by Gasteiger charge is -2.18. The second kappa shape index (κ2) is 8.19. The van der Waals surface area contributed by atoms with Crippen LogP contribution in [-0.4, -0.2) is 32.1 Å². The highest BCUT2D eigenvalue weighted by Crippen LogP contribution is 2.10. The fourth-order valence-electron chi connectivity index (χ4n) is 1.95. The minimum absolute atomic E-state index is 0.127. The van der Waals surface area contributed by atoms with Crippen molar-refractivity contribution in [3.05, 3.63) is 52.7 Å².